The van der Waals surface area contributed by atoms with Crippen LogP contribution in [0.2, 0.25) is 0 Å². The molecule has 0 unspecified atom stereocenters. The lowest BCUT2D eigenvalue weighted by molar-refractivity contribution is 0.564. The Bertz CT molecular complexity index is 713. The van der Waals surface area contributed by atoms with Gasteiger partial charge in [-0.3, -0.25) is 0 Å². The summed E-state index contributed by atoms with van der Waals surface area (Å²) in [6, 6.07) is 11.2. The standard InChI is InChI=1S/C16H12N2O2/c1-11-7-14(8-12(2)16(11)18-10-20)13-3-5-15(6-4-13)17-9-19/h3-8H,1-2H3. The van der Waals surface area contributed by atoms with Crippen LogP contribution in [0.25, 0.3) is 11.1 Å². The number of nitrogens with zero attached hydrogens (tertiary/aromatic N) is 2. The van der Waals surface area contributed by atoms with Crippen LogP contribution in [0.4, 0.5) is 11.4 Å². The fourth-order valence-electron chi connectivity index (χ4n) is 2.13. The third-order valence-electron chi connectivity index (χ3n) is 3.02. The number of benzene rings is 2. The molecule has 0 radical (unpaired) electrons. The Morgan fingerprint density at radius 1 is 0.800 bits per heavy atom. The van der Waals surface area contributed by atoms with Crippen molar-refractivity contribution in [3.8, 4) is 11.1 Å². The van der Waals surface area contributed by atoms with E-state index in [0.29, 0.717) is 11.4 Å². The van der Waals surface area contributed by atoms with E-state index in [1.165, 1.54) is 6.08 Å². The van der Waals surface area contributed by atoms with E-state index in [2.05, 4.69) is 9.98 Å². The van der Waals surface area contributed by atoms with E-state index in [1.807, 2.05) is 38.1 Å². The molecule has 2 aromatic rings. The normalized spacial score (nSPS) is 9.50. The molecule has 0 aliphatic heterocycles. The minimum atomic E-state index is 0.569. The van der Waals surface area contributed by atoms with Gasteiger partial charge in [-0.1, -0.05) is 12.1 Å². The van der Waals surface area contributed by atoms with Crippen molar-refractivity contribution in [2.75, 3.05) is 0 Å². The average molecular weight is 264 g/mol. The lowest BCUT2D eigenvalue weighted by Gasteiger charge is -2.08. The molecule has 0 heterocycles. The van der Waals surface area contributed by atoms with Crippen LogP contribution in [0.3, 0.4) is 0 Å². The van der Waals surface area contributed by atoms with Gasteiger partial charge in [-0.2, -0.15) is 9.98 Å². The summed E-state index contributed by atoms with van der Waals surface area (Å²) in [6.45, 7) is 3.80. The van der Waals surface area contributed by atoms with E-state index >= 15 is 0 Å². The van der Waals surface area contributed by atoms with E-state index in [9.17, 15) is 9.59 Å². The van der Waals surface area contributed by atoms with Gasteiger partial charge in [0.1, 0.15) is 0 Å². The van der Waals surface area contributed by atoms with Gasteiger partial charge in [0.25, 0.3) is 0 Å². The zero-order valence-electron chi connectivity index (χ0n) is 11.2. The minimum absolute atomic E-state index is 0.569. The summed E-state index contributed by atoms with van der Waals surface area (Å²) in [6.07, 6.45) is 3.08. The highest BCUT2D eigenvalue weighted by Crippen LogP contribution is 2.30. The Morgan fingerprint density at radius 3 is 1.85 bits per heavy atom. The molecule has 0 aliphatic rings. The quantitative estimate of drug-likeness (QED) is 0.623. The van der Waals surface area contributed by atoms with Crippen LogP contribution in [0, 0.1) is 13.8 Å². The zero-order valence-corrected chi connectivity index (χ0v) is 11.2. The topological polar surface area (TPSA) is 58.9 Å². The van der Waals surface area contributed by atoms with Crippen molar-refractivity contribution in [3.05, 3.63) is 47.5 Å². The van der Waals surface area contributed by atoms with Crippen LogP contribution in [0.1, 0.15) is 11.1 Å². The molecule has 0 saturated heterocycles. The first-order chi connectivity index (χ1) is 9.65. The molecule has 0 aromatic heterocycles. The van der Waals surface area contributed by atoms with Gasteiger partial charge in [0, 0.05) is 0 Å². The van der Waals surface area contributed by atoms with Crippen molar-refractivity contribution in [2.24, 2.45) is 9.98 Å². The van der Waals surface area contributed by atoms with E-state index in [1.54, 1.807) is 18.2 Å². The molecule has 0 aliphatic carbocycles. The minimum Gasteiger partial charge on any atom is -0.211 e. The largest absolute Gasteiger partial charge is 0.240 e. The summed E-state index contributed by atoms with van der Waals surface area (Å²) < 4.78 is 0. The Morgan fingerprint density at radius 2 is 1.35 bits per heavy atom. The van der Waals surface area contributed by atoms with E-state index < -0.39 is 0 Å². The molecule has 0 saturated carbocycles. The number of isocyanates is 2. The summed E-state index contributed by atoms with van der Waals surface area (Å²) in [5, 5.41) is 0. The van der Waals surface area contributed by atoms with Crippen LogP contribution < -0.4 is 0 Å². The average Bonchev–Trinajstić information content (AvgIpc) is 2.44. The summed E-state index contributed by atoms with van der Waals surface area (Å²) in [5.41, 5.74) is 5.08. The lowest BCUT2D eigenvalue weighted by atomic mass is 9.99. The molecule has 0 amide bonds. The fourth-order valence-corrected chi connectivity index (χ4v) is 2.13. The smallest absolute Gasteiger partial charge is 0.211 e. The molecule has 4 heteroatoms. The first-order valence-electron chi connectivity index (χ1n) is 6.03. The number of hydrogen-bond donors (Lipinski definition) is 0. The van der Waals surface area contributed by atoms with Gasteiger partial charge in [-0.05, 0) is 60.4 Å². The van der Waals surface area contributed by atoms with Crippen molar-refractivity contribution in [1.82, 2.24) is 0 Å². The van der Waals surface area contributed by atoms with Gasteiger partial charge in [0.2, 0.25) is 12.2 Å². The molecular weight excluding hydrogens is 252 g/mol. The second-order valence-electron chi connectivity index (χ2n) is 4.41. The first kappa shape index (κ1) is 13.6. The van der Waals surface area contributed by atoms with Gasteiger partial charge in [0.15, 0.2) is 0 Å². The van der Waals surface area contributed by atoms with Crippen molar-refractivity contribution < 1.29 is 9.59 Å². The third kappa shape index (κ3) is 2.78. The monoisotopic (exact) mass is 264 g/mol. The fraction of sp³-hybridized carbons (Fsp3) is 0.125. The van der Waals surface area contributed by atoms with Gasteiger partial charge in [-0.25, -0.2) is 9.59 Å². The molecule has 98 valence electrons. The molecule has 0 atom stereocenters. The molecule has 4 nitrogen and oxygen atoms in total. The Labute approximate surface area is 116 Å². The molecule has 2 rings (SSSR count). The van der Waals surface area contributed by atoms with Crippen LogP contribution in [0.5, 0.6) is 0 Å². The van der Waals surface area contributed by atoms with Gasteiger partial charge in [0.05, 0.1) is 11.4 Å². The second kappa shape index (κ2) is 5.89. The first-order valence-corrected chi connectivity index (χ1v) is 6.03. The molecular formula is C16H12N2O2. The molecule has 2 aromatic carbocycles. The number of hydrogen-bond acceptors (Lipinski definition) is 4. The maximum absolute atomic E-state index is 10.4. The molecule has 0 bridgehead atoms. The van der Waals surface area contributed by atoms with Crippen molar-refractivity contribution >= 4 is 23.5 Å². The maximum atomic E-state index is 10.4. The number of carbonyl (C=O) groups excluding carboxylic acids is 2. The zero-order chi connectivity index (χ0) is 14.5. The maximum Gasteiger partial charge on any atom is 0.240 e. The lowest BCUT2D eigenvalue weighted by Crippen LogP contribution is -1.85. The summed E-state index contributed by atoms with van der Waals surface area (Å²) in [4.78, 5) is 27.9. The third-order valence-corrected chi connectivity index (χ3v) is 3.02. The Kier molecular flexibility index (Phi) is 4.02. The Balaban J connectivity index is 2.48. The van der Waals surface area contributed by atoms with Gasteiger partial charge in [-0.15, -0.1) is 0 Å². The highest BCUT2D eigenvalue weighted by molar-refractivity contribution is 5.72. The summed E-state index contributed by atoms with van der Waals surface area (Å²) in [5.74, 6) is 0. The van der Waals surface area contributed by atoms with Crippen LogP contribution >= 0.6 is 0 Å². The summed E-state index contributed by atoms with van der Waals surface area (Å²) >= 11 is 0. The van der Waals surface area contributed by atoms with E-state index in [4.69, 9.17) is 0 Å². The second-order valence-corrected chi connectivity index (χ2v) is 4.41. The molecule has 20 heavy (non-hydrogen) atoms. The van der Waals surface area contributed by atoms with E-state index in [-0.39, 0.29) is 0 Å². The van der Waals surface area contributed by atoms with Gasteiger partial charge < -0.3 is 0 Å². The summed E-state index contributed by atoms with van der Waals surface area (Å²) in [7, 11) is 0. The molecule has 0 N–H and O–H groups in total. The van der Waals surface area contributed by atoms with Crippen molar-refractivity contribution in [2.45, 2.75) is 13.8 Å². The molecule has 0 spiro atoms. The SMILES string of the molecule is Cc1cc(-c2ccc(N=C=O)cc2)cc(C)c1N=C=O. The van der Waals surface area contributed by atoms with Crippen molar-refractivity contribution in [1.29, 1.82) is 0 Å². The molecule has 0 fully saturated rings. The number of aryl methyl sites for hydroxylation is 2. The Hall–Kier alpha value is -2.80. The number of rotatable bonds is 3. The van der Waals surface area contributed by atoms with Crippen LogP contribution in [-0.4, -0.2) is 12.2 Å². The van der Waals surface area contributed by atoms with E-state index in [0.717, 1.165) is 22.3 Å². The van der Waals surface area contributed by atoms with Crippen LogP contribution in [-0.2, 0) is 9.59 Å². The predicted octanol–water partition coefficient (Wildman–Crippen LogP) is 3.91. The highest BCUT2D eigenvalue weighted by atomic mass is 16.1. The highest BCUT2D eigenvalue weighted by Gasteiger charge is 2.06. The van der Waals surface area contributed by atoms with Crippen molar-refractivity contribution in [3.63, 3.8) is 0 Å². The van der Waals surface area contributed by atoms with Crippen LogP contribution in [0.15, 0.2) is 46.4 Å². The number of aliphatic imine (C=N–C) groups is 2. The van der Waals surface area contributed by atoms with Gasteiger partial charge >= 0.3 is 0 Å². The predicted molar refractivity (Wildman–Crippen MR) is 76.9 cm³/mol.